The van der Waals surface area contributed by atoms with E-state index in [1.807, 2.05) is 12.1 Å². The molecule has 0 aliphatic carbocycles. The van der Waals surface area contributed by atoms with Gasteiger partial charge in [-0.3, -0.25) is 4.98 Å². The molecule has 0 aliphatic rings. The van der Waals surface area contributed by atoms with Crippen molar-refractivity contribution in [2.45, 2.75) is 32.7 Å². The molecular weight excluding hydrogens is 252 g/mol. The van der Waals surface area contributed by atoms with Gasteiger partial charge in [-0.2, -0.15) is 0 Å². The van der Waals surface area contributed by atoms with Crippen LogP contribution in [-0.2, 0) is 0 Å². The fourth-order valence-electron chi connectivity index (χ4n) is 2.11. The monoisotopic (exact) mass is 272 g/mol. The van der Waals surface area contributed by atoms with E-state index in [-0.39, 0.29) is 12.0 Å². The second kappa shape index (κ2) is 6.29. The first kappa shape index (κ1) is 14.2. The summed E-state index contributed by atoms with van der Waals surface area (Å²) in [5.74, 6) is 7.23. The summed E-state index contributed by atoms with van der Waals surface area (Å²) < 4.78 is 0. The van der Waals surface area contributed by atoms with Gasteiger partial charge >= 0.3 is 0 Å². The van der Waals surface area contributed by atoms with Crippen molar-refractivity contribution in [2.24, 2.45) is 5.84 Å². The molecule has 0 amide bonds. The standard InChI is InChI=1S/C14H20N6/c1-9(2)12-13(17-8-18-14(12)20-15)19-10(3)11-4-6-16-7-5-11/h4-10H,15H2,1-3H3,(H2,17,18,19,20). The zero-order valence-corrected chi connectivity index (χ0v) is 12.0. The van der Waals surface area contributed by atoms with Crippen LogP contribution in [0.1, 0.15) is 43.9 Å². The third-order valence-electron chi connectivity index (χ3n) is 3.16. The van der Waals surface area contributed by atoms with Gasteiger partial charge in [-0.15, -0.1) is 0 Å². The molecule has 0 fully saturated rings. The number of rotatable bonds is 5. The maximum atomic E-state index is 5.52. The summed E-state index contributed by atoms with van der Waals surface area (Å²) in [6.07, 6.45) is 5.07. The Morgan fingerprint density at radius 1 is 1.05 bits per heavy atom. The number of nitrogens with two attached hydrogens (primary N) is 1. The van der Waals surface area contributed by atoms with Crippen molar-refractivity contribution < 1.29 is 0 Å². The van der Waals surface area contributed by atoms with Gasteiger partial charge in [0.25, 0.3) is 0 Å². The van der Waals surface area contributed by atoms with Crippen LogP contribution in [0, 0.1) is 0 Å². The number of aromatic nitrogens is 3. The molecule has 2 aromatic rings. The van der Waals surface area contributed by atoms with Crippen molar-refractivity contribution in [1.29, 1.82) is 0 Å². The second-order valence-corrected chi connectivity index (χ2v) is 4.93. The quantitative estimate of drug-likeness (QED) is 0.572. The predicted octanol–water partition coefficient (Wildman–Crippen LogP) is 2.45. The Morgan fingerprint density at radius 3 is 2.30 bits per heavy atom. The molecule has 6 heteroatoms. The molecule has 0 spiro atoms. The normalized spacial score (nSPS) is 12.2. The first-order valence-electron chi connectivity index (χ1n) is 6.61. The molecule has 0 aliphatic heterocycles. The second-order valence-electron chi connectivity index (χ2n) is 4.93. The summed E-state index contributed by atoms with van der Waals surface area (Å²) in [6.45, 7) is 6.25. The number of nitrogens with one attached hydrogen (secondary N) is 2. The molecule has 20 heavy (non-hydrogen) atoms. The largest absolute Gasteiger partial charge is 0.363 e. The van der Waals surface area contributed by atoms with Gasteiger partial charge in [0.2, 0.25) is 0 Å². The number of hydrogen-bond acceptors (Lipinski definition) is 6. The fourth-order valence-corrected chi connectivity index (χ4v) is 2.11. The van der Waals surface area contributed by atoms with Gasteiger partial charge in [0.15, 0.2) is 0 Å². The van der Waals surface area contributed by atoms with E-state index in [0.717, 1.165) is 16.9 Å². The molecule has 6 nitrogen and oxygen atoms in total. The topological polar surface area (TPSA) is 88.8 Å². The lowest BCUT2D eigenvalue weighted by Gasteiger charge is -2.20. The van der Waals surface area contributed by atoms with Crippen molar-refractivity contribution in [3.8, 4) is 0 Å². The van der Waals surface area contributed by atoms with Crippen LogP contribution in [0.2, 0.25) is 0 Å². The molecule has 106 valence electrons. The lowest BCUT2D eigenvalue weighted by molar-refractivity contribution is 0.818. The van der Waals surface area contributed by atoms with Crippen molar-refractivity contribution in [1.82, 2.24) is 15.0 Å². The van der Waals surface area contributed by atoms with Crippen LogP contribution in [-0.4, -0.2) is 15.0 Å². The SMILES string of the molecule is CC(C)c1c(NN)ncnc1NC(C)c1ccncc1. The van der Waals surface area contributed by atoms with Gasteiger partial charge in [-0.1, -0.05) is 13.8 Å². The summed E-state index contributed by atoms with van der Waals surface area (Å²) >= 11 is 0. The van der Waals surface area contributed by atoms with E-state index in [1.165, 1.54) is 6.33 Å². The van der Waals surface area contributed by atoms with Gasteiger partial charge in [0.1, 0.15) is 18.0 Å². The number of nitrogen functional groups attached to an aromatic ring is 1. The number of nitrogens with zero attached hydrogens (tertiary/aromatic N) is 3. The Balaban J connectivity index is 2.29. The van der Waals surface area contributed by atoms with Crippen LogP contribution < -0.4 is 16.6 Å². The Hall–Kier alpha value is -2.21. The zero-order valence-electron chi connectivity index (χ0n) is 12.0. The first-order chi connectivity index (χ1) is 9.63. The molecule has 1 unspecified atom stereocenters. The minimum atomic E-state index is 0.121. The van der Waals surface area contributed by atoms with E-state index in [4.69, 9.17) is 5.84 Å². The summed E-state index contributed by atoms with van der Waals surface area (Å²) in [6, 6.07) is 4.09. The Morgan fingerprint density at radius 2 is 1.70 bits per heavy atom. The van der Waals surface area contributed by atoms with Crippen molar-refractivity contribution in [3.63, 3.8) is 0 Å². The Bertz CT molecular complexity index is 555. The van der Waals surface area contributed by atoms with Crippen molar-refractivity contribution in [3.05, 3.63) is 42.0 Å². The number of hydrazine groups is 1. The highest BCUT2D eigenvalue weighted by molar-refractivity contribution is 5.59. The molecule has 2 heterocycles. The fraction of sp³-hybridized carbons (Fsp3) is 0.357. The highest BCUT2D eigenvalue weighted by Crippen LogP contribution is 2.29. The van der Waals surface area contributed by atoms with Crippen LogP contribution >= 0.6 is 0 Å². The Labute approximate surface area is 118 Å². The van der Waals surface area contributed by atoms with Gasteiger partial charge in [-0.05, 0) is 30.5 Å². The van der Waals surface area contributed by atoms with Crippen LogP contribution in [0.25, 0.3) is 0 Å². The lowest BCUT2D eigenvalue weighted by atomic mass is 10.0. The summed E-state index contributed by atoms with van der Waals surface area (Å²) in [5, 5.41) is 3.41. The average molecular weight is 272 g/mol. The van der Waals surface area contributed by atoms with E-state index in [1.54, 1.807) is 12.4 Å². The molecule has 0 saturated carbocycles. The summed E-state index contributed by atoms with van der Waals surface area (Å²) in [5.41, 5.74) is 4.76. The van der Waals surface area contributed by atoms with Gasteiger partial charge < -0.3 is 10.7 Å². The van der Waals surface area contributed by atoms with Gasteiger partial charge in [0.05, 0.1) is 6.04 Å². The molecule has 2 aromatic heterocycles. The lowest BCUT2D eigenvalue weighted by Crippen LogP contribution is -2.16. The van der Waals surface area contributed by atoms with E-state index in [9.17, 15) is 0 Å². The van der Waals surface area contributed by atoms with E-state index in [2.05, 4.69) is 46.5 Å². The van der Waals surface area contributed by atoms with Crippen LogP contribution in [0.15, 0.2) is 30.9 Å². The summed E-state index contributed by atoms with van der Waals surface area (Å²) in [4.78, 5) is 12.5. The molecular formula is C14H20N6. The maximum absolute atomic E-state index is 5.52. The summed E-state index contributed by atoms with van der Waals surface area (Å²) in [7, 11) is 0. The zero-order chi connectivity index (χ0) is 14.5. The van der Waals surface area contributed by atoms with Gasteiger partial charge in [-0.25, -0.2) is 15.8 Å². The molecule has 0 radical (unpaired) electrons. The van der Waals surface area contributed by atoms with Crippen LogP contribution in [0.3, 0.4) is 0 Å². The highest BCUT2D eigenvalue weighted by Gasteiger charge is 2.16. The minimum Gasteiger partial charge on any atom is -0.363 e. The molecule has 0 saturated heterocycles. The number of hydrogen-bond donors (Lipinski definition) is 3. The highest BCUT2D eigenvalue weighted by atomic mass is 15.3. The van der Waals surface area contributed by atoms with E-state index < -0.39 is 0 Å². The predicted molar refractivity (Wildman–Crippen MR) is 80.2 cm³/mol. The van der Waals surface area contributed by atoms with E-state index >= 15 is 0 Å². The third-order valence-corrected chi connectivity index (χ3v) is 3.16. The molecule has 0 aromatic carbocycles. The van der Waals surface area contributed by atoms with Crippen molar-refractivity contribution in [2.75, 3.05) is 10.7 Å². The molecule has 2 rings (SSSR count). The average Bonchev–Trinajstić information content (AvgIpc) is 2.47. The molecule has 1 atom stereocenters. The minimum absolute atomic E-state index is 0.121. The number of anilines is 2. The van der Waals surface area contributed by atoms with Gasteiger partial charge in [0, 0.05) is 18.0 Å². The molecule has 0 bridgehead atoms. The van der Waals surface area contributed by atoms with E-state index in [0.29, 0.717) is 5.82 Å². The number of pyridine rings is 1. The van der Waals surface area contributed by atoms with Crippen LogP contribution in [0.5, 0.6) is 0 Å². The smallest absolute Gasteiger partial charge is 0.148 e. The first-order valence-corrected chi connectivity index (χ1v) is 6.61. The maximum Gasteiger partial charge on any atom is 0.148 e. The van der Waals surface area contributed by atoms with Crippen molar-refractivity contribution >= 4 is 11.6 Å². The molecule has 4 N–H and O–H groups in total. The third kappa shape index (κ3) is 3.03. The van der Waals surface area contributed by atoms with Crippen LogP contribution in [0.4, 0.5) is 11.6 Å². The Kier molecular flexibility index (Phi) is 4.47.